The van der Waals surface area contributed by atoms with Gasteiger partial charge in [-0.2, -0.15) is 0 Å². The number of carbonyl (C=O) groups is 1. The van der Waals surface area contributed by atoms with Gasteiger partial charge >= 0.3 is 0 Å². The molecule has 0 N–H and O–H groups in total. The van der Waals surface area contributed by atoms with Crippen LogP contribution in [0.2, 0.25) is 0 Å². The molecule has 2 aromatic carbocycles. The van der Waals surface area contributed by atoms with E-state index in [1.54, 1.807) is 30.3 Å². The lowest BCUT2D eigenvalue weighted by Crippen LogP contribution is -2.23. The van der Waals surface area contributed by atoms with E-state index in [-0.39, 0.29) is 16.7 Å². The number of carboxylic acids is 1. The maximum Gasteiger partial charge on any atom is 0.261 e. The average molecular weight is 394 g/mol. The highest BCUT2D eigenvalue weighted by atomic mass is 32.2. The summed E-state index contributed by atoms with van der Waals surface area (Å²) in [4.78, 5) is 15.8. The molecule has 0 fully saturated rings. The number of ether oxygens (including phenoxy) is 2. The molecule has 0 spiro atoms. The lowest BCUT2D eigenvalue weighted by molar-refractivity contribution is -0.298. The van der Waals surface area contributed by atoms with Gasteiger partial charge in [0.1, 0.15) is 12.1 Å². The van der Waals surface area contributed by atoms with Crippen molar-refractivity contribution < 1.29 is 23.8 Å². The number of fused-ring (bicyclic) bond motifs is 1. The zero-order chi connectivity index (χ0) is 19.9. The van der Waals surface area contributed by atoms with Crippen LogP contribution in [0, 0.1) is 12.3 Å². The van der Waals surface area contributed by atoms with Crippen LogP contribution >= 0.6 is 11.8 Å². The van der Waals surface area contributed by atoms with E-state index in [0.717, 1.165) is 11.8 Å². The number of hydrogen-bond acceptors (Lipinski definition) is 7. The molecule has 0 aliphatic rings. The third-order valence-corrected chi connectivity index (χ3v) is 4.40. The largest absolute Gasteiger partial charge is 0.544 e. The monoisotopic (exact) mass is 394 g/mol. The standard InChI is InChI=1S/C21H17NO5S/c1-3-11-26-17-10-9-14(12-18(17)25-4-2)13-19(20(23)24)28-21-22-15-7-5-6-8-16(15)27-21/h1,5-10,12-13H,4,11H2,2H3,(H,23,24)/p-1/b19-13+. The number of carbonyl (C=O) groups excluding carboxylic acids is 1. The number of oxazole rings is 1. The number of benzene rings is 2. The molecule has 0 bridgehead atoms. The fourth-order valence-electron chi connectivity index (χ4n) is 2.39. The van der Waals surface area contributed by atoms with Gasteiger partial charge in [0, 0.05) is 4.91 Å². The van der Waals surface area contributed by atoms with Gasteiger partial charge in [-0.25, -0.2) is 4.98 Å². The van der Waals surface area contributed by atoms with Crippen LogP contribution in [-0.2, 0) is 4.79 Å². The van der Waals surface area contributed by atoms with Crippen molar-refractivity contribution in [1.82, 2.24) is 4.98 Å². The normalized spacial score (nSPS) is 11.2. The first-order valence-corrected chi connectivity index (χ1v) is 9.22. The Morgan fingerprint density at radius 2 is 2.11 bits per heavy atom. The number of nitrogens with zero attached hydrogens (tertiary/aromatic N) is 1. The zero-order valence-corrected chi connectivity index (χ0v) is 15.8. The summed E-state index contributed by atoms with van der Waals surface area (Å²) in [5, 5.41) is 11.8. The van der Waals surface area contributed by atoms with Gasteiger partial charge in [0.15, 0.2) is 17.1 Å². The first-order chi connectivity index (χ1) is 13.6. The van der Waals surface area contributed by atoms with Crippen LogP contribution < -0.4 is 14.6 Å². The van der Waals surface area contributed by atoms with Crippen LogP contribution in [0.5, 0.6) is 11.5 Å². The Kier molecular flexibility index (Phi) is 6.25. The summed E-state index contributed by atoms with van der Waals surface area (Å²) in [5.41, 5.74) is 1.83. The van der Waals surface area contributed by atoms with Gasteiger partial charge in [0.05, 0.1) is 12.6 Å². The molecule has 0 saturated heterocycles. The molecule has 7 heteroatoms. The first-order valence-electron chi connectivity index (χ1n) is 8.40. The minimum absolute atomic E-state index is 0.0497. The van der Waals surface area contributed by atoms with Crippen molar-refractivity contribution in [3.05, 3.63) is 52.9 Å². The second-order valence-electron chi connectivity index (χ2n) is 5.48. The van der Waals surface area contributed by atoms with E-state index < -0.39 is 5.97 Å². The van der Waals surface area contributed by atoms with E-state index in [1.165, 1.54) is 6.08 Å². The van der Waals surface area contributed by atoms with Gasteiger partial charge in [-0.3, -0.25) is 0 Å². The van der Waals surface area contributed by atoms with Crippen LogP contribution in [0.1, 0.15) is 12.5 Å². The zero-order valence-electron chi connectivity index (χ0n) is 15.0. The fourth-order valence-corrected chi connectivity index (χ4v) is 3.13. The Morgan fingerprint density at radius 3 is 2.82 bits per heavy atom. The molecule has 28 heavy (non-hydrogen) atoms. The molecule has 0 aliphatic carbocycles. The minimum atomic E-state index is -1.34. The summed E-state index contributed by atoms with van der Waals surface area (Å²) in [5.74, 6) is 2.01. The Balaban J connectivity index is 1.89. The van der Waals surface area contributed by atoms with Crippen molar-refractivity contribution in [3.63, 3.8) is 0 Å². The number of terminal acetylenes is 1. The van der Waals surface area contributed by atoms with Crippen LogP contribution in [0.15, 0.2) is 57.0 Å². The number of hydrogen-bond donors (Lipinski definition) is 0. The Hall–Kier alpha value is -3.37. The van der Waals surface area contributed by atoms with Crippen LogP contribution in [0.3, 0.4) is 0 Å². The predicted molar refractivity (Wildman–Crippen MR) is 105 cm³/mol. The van der Waals surface area contributed by atoms with Crippen molar-refractivity contribution in [2.24, 2.45) is 0 Å². The van der Waals surface area contributed by atoms with E-state index in [4.69, 9.17) is 20.3 Å². The smallest absolute Gasteiger partial charge is 0.261 e. The van der Waals surface area contributed by atoms with Gasteiger partial charge in [0.25, 0.3) is 5.22 Å². The molecule has 1 heterocycles. The lowest BCUT2D eigenvalue weighted by Gasteiger charge is -2.12. The third kappa shape index (κ3) is 4.67. The molecule has 6 nitrogen and oxygen atoms in total. The molecule has 3 aromatic rings. The molecule has 0 radical (unpaired) electrons. The van der Waals surface area contributed by atoms with E-state index in [0.29, 0.717) is 34.8 Å². The van der Waals surface area contributed by atoms with Gasteiger partial charge in [-0.05, 0) is 54.6 Å². The second kappa shape index (κ2) is 9.02. The van der Waals surface area contributed by atoms with Crippen LogP contribution in [-0.4, -0.2) is 24.2 Å². The molecule has 0 aliphatic heterocycles. The highest BCUT2D eigenvalue weighted by Crippen LogP contribution is 2.33. The lowest BCUT2D eigenvalue weighted by atomic mass is 10.2. The van der Waals surface area contributed by atoms with E-state index in [2.05, 4.69) is 10.9 Å². The Morgan fingerprint density at radius 1 is 1.29 bits per heavy atom. The maximum atomic E-state index is 11.6. The summed E-state index contributed by atoms with van der Waals surface area (Å²) in [6.45, 7) is 2.36. The Labute approximate surface area is 166 Å². The summed E-state index contributed by atoms with van der Waals surface area (Å²) >= 11 is 0.877. The number of thioether (sulfide) groups is 1. The molecular weight excluding hydrogens is 378 g/mol. The van der Waals surface area contributed by atoms with Crippen LogP contribution in [0.4, 0.5) is 0 Å². The van der Waals surface area contributed by atoms with Crippen molar-refractivity contribution in [2.45, 2.75) is 12.1 Å². The molecule has 1 aromatic heterocycles. The number of rotatable bonds is 8. The summed E-state index contributed by atoms with van der Waals surface area (Å²) in [6, 6.07) is 12.2. The predicted octanol–water partition coefficient (Wildman–Crippen LogP) is 3.12. The highest BCUT2D eigenvalue weighted by molar-refractivity contribution is 8.03. The summed E-state index contributed by atoms with van der Waals surface area (Å²) < 4.78 is 16.6. The van der Waals surface area contributed by atoms with Gasteiger partial charge in [-0.1, -0.05) is 24.1 Å². The van der Waals surface area contributed by atoms with Crippen molar-refractivity contribution in [3.8, 4) is 23.8 Å². The second-order valence-corrected chi connectivity index (χ2v) is 6.47. The number of aliphatic carboxylic acids is 1. The van der Waals surface area contributed by atoms with Gasteiger partial charge in [-0.15, -0.1) is 6.42 Å². The summed E-state index contributed by atoms with van der Waals surface area (Å²) in [6.07, 6.45) is 6.68. The molecule has 0 amide bonds. The van der Waals surface area contributed by atoms with Gasteiger partial charge < -0.3 is 23.8 Å². The molecule has 0 unspecified atom stereocenters. The molecule has 0 atom stereocenters. The van der Waals surface area contributed by atoms with Crippen molar-refractivity contribution in [2.75, 3.05) is 13.2 Å². The topological polar surface area (TPSA) is 84.6 Å². The molecule has 3 rings (SSSR count). The first kappa shape index (κ1) is 19.4. The van der Waals surface area contributed by atoms with Crippen molar-refractivity contribution in [1.29, 1.82) is 0 Å². The van der Waals surface area contributed by atoms with Crippen LogP contribution in [0.25, 0.3) is 17.2 Å². The fraction of sp³-hybridized carbons (Fsp3) is 0.143. The number of carboxylic acid groups (broad SMARTS) is 1. The molecule has 142 valence electrons. The van der Waals surface area contributed by atoms with E-state index in [1.807, 2.05) is 19.1 Å². The van der Waals surface area contributed by atoms with Gasteiger partial charge in [0.2, 0.25) is 0 Å². The SMILES string of the molecule is C#CCOc1ccc(/C=C(/Sc2nc3ccccc3o2)C(=O)[O-])cc1OCC. The van der Waals surface area contributed by atoms with E-state index >= 15 is 0 Å². The number of para-hydroxylation sites is 2. The maximum absolute atomic E-state index is 11.6. The summed E-state index contributed by atoms with van der Waals surface area (Å²) in [7, 11) is 0. The number of aromatic nitrogens is 1. The average Bonchev–Trinajstić information content (AvgIpc) is 3.09. The quantitative estimate of drug-likeness (QED) is 0.330. The minimum Gasteiger partial charge on any atom is -0.544 e. The molecule has 0 saturated carbocycles. The molecular formula is C21H16NO5S-. The van der Waals surface area contributed by atoms with Crippen molar-refractivity contribution >= 4 is 34.9 Å². The Bertz CT molecular complexity index is 1030. The highest BCUT2D eigenvalue weighted by Gasteiger charge is 2.11. The van der Waals surface area contributed by atoms with E-state index in [9.17, 15) is 9.90 Å². The third-order valence-electron chi connectivity index (χ3n) is 3.55.